The van der Waals surface area contributed by atoms with Gasteiger partial charge >= 0.3 is 0 Å². The molecule has 1 aliphatic rings. The summed E-state index contributed by atoms with van der Waals surface area (Å²) in [6, 6.07) is 7.46. The highest BCUT2D eigenvalue weighted by Crippen LogP contribution is 2.31. The van der Waals surface area contributed by atoms with Crippen LogP contribution >= 0.6 is 11.6 Å². The third-order valence-electron chi connectivity index (χ3n) is 3.12. The van der Waals surface area contributed by atoms with E-state index < -0.39 is 6.10 Å². The van der Waals surface area contributed by atoms with E-state index in [1.165, 1.54) is 0 Å². The minimum Gasteiger partial charge on any atom is -0.480 e. The summed E-state index contributed by atoms with van der Waals surface area (Å²) in [7, 11) is 1.69. The first kappa shape index (κ1) is 13.7. The van der Waals surface area contributed by atoms with Gasteiger partial charge in [0.15, 0.2) is 6.10 Å². The van der Waals surface area contributed by atoms with E-state index >= 15 is 0 Å². The van der Waals surface area contributed by atoms with Gasteiger partial charge in [0.1, 0.15) is 5.75 Å². The lowest BCUT2D eigenvalue weighted by Gasteiger charge is -2.21. The molecule has 4 nitrogen and oxygen atoms in total. The first-order valence-corrected chi connectivity index (χ1v) is 6.48. The maximum absolute atomic E-state index is 12.2. The number of carbonyl (C=O) groups is 1. The molecule has 100 valence electrons. The summed E-state index contributed by atoms with van der Waals surface area (Å²) in [5, 5.41) is 9.41. The average Bonchev–Trinajstić information content (AvgIpc) is 2.80. The zero-order valence-corrected chi connectivity index (χ0v) is 11.6. The summed E-state index contributed by atoms with van der Waals surface area (Å²) < 4.78 is 5.63. The Labute approximate surface area is 117 Å². The van der Waals surface area contributed by atoms with Crippen molar-refractivity contribution >= 4 is 17.5 Å². The third-order valence-corrected chi connectivity index (χ3v) is 3.35. The Hall–Kier alpha value is -1.73. The summed E-state index contributed by atoms with van der Waals surface area (Å²) in [4.78, 5) is 13.8. The highest BCUT2D eigenvalue weighted by Gasteiger charge is 2.31. The van der Waals surface area contributed by atoms with Crippen LogP contribution in [-0.4, -0.2) is 30.5 Å². The first-order chi connectivity index (χ1) is 9.01. The van der Waals surface area contributed by atoms with Crippen LogP contribution in [0.25, 0.3) is 0 Å². The average molecular weight is 279 g/mol. The number of halogens is 1. The molecule has 0 bridgehead atoms. The molecule has 0 fully saturated rings. The molecule has 0 saturated heterocycles. The molecule has 0 unspecified atom stereocenters. The van der Waals surface area contributed by atoms with Crippen LogP contribution in [0.15, 0.2) is 18.2 Å². The van der Waals surface area contributed by atoms with Crippen molar-refractivity contribution in [2.24, 2.45) is 5.92 Å². The fourth-order valence-electron chi connectivity index (χ4n) is 2.14. The van der Waals surface area contributed by atoms with Gasteiger partial charge in [0.2, 0.25) is 0 Å². The lowest BCUT2D eigenvalue weighted by molar-refractivity contribution is -0.136. The molecule has 0 aliphatic carbocycles. The van der Waals surface area contributed by atoms with Gasteiger partial charge in [-0.3, -0.25) is 4.79 Å². The van der Waals surface area contributed by atoms with Gasteiger partial charge in [-0.15, -0.1) is 0 Å². The van der Waals surface area contributed by atoms with Gasteiger partial charge in [0.25, 0.3) is 5.91 Å². The van der Waals surface area contributed by atoms with E-state index in [2.05, 4.69) is 6.07 Å². The summed E-state index contributed by atoms with van der Waals surface area (Å²) >= 11 is 5.91. The third kappa shape index (κ3) is 2.99. The second-order valence-corrected chi connectivity index (χ2v) is 5.25. The topological polar surface area (TPSA) is 53.3 Å². The molecule has 1 aromatic carbocycles. The fraction of sp³-hybridized carbons (Fsp3) is 0.429. The number of likely N-dealkylation sites (N-methyl/N-ethyl adjacent to an activating group) is 1. The molecule has 0 aromatic heterocycles. The highest BCUT2D eigenvalue weighted by atomic mass is 35.5. The standard InChI is InChI=1S/C14H15ClN2O2/c1-9(7-16)8-17(2)14(18)13-6-10-5-11(15)3-4-12(10)19-13/h3-5,9,13H,6,8H2,1-2H3/t9-,13-/m0/s1. The zero-order valence-electron chi connectivity index (χ0n) is 10.9. The van der Waals surface area contributed by atoms with E-state index in [0.717, 1.165) is 5.56 Å². The van der Waals surface area contributed by atoms with Gasteiger partial charge in [-0.05, 0) is 30.7 Å². The van der Waals surface area contributed by atoms with E-state index in [-0.39, 0.29) is 11.8 Å². The number of benzene rings is 1. The Morgan fingerprint density at radius 1 is 1.68 bits per heavy atom. The van der Waals surface area contributed by atoms with Gasteiger partial charge in [-0.2, -0.15) is 5.26 Å². The summed E-state index contributed by atoms with van der Waals surface area (Å²) in [6.45, 7) is 2.19. The molecule has 1 amide bonds. The van der Waals surface area contributed by atoms with Crippen molar-refractivity contribution in [3.63, 3.8) is 0 Å². The molecule has 2 atom stereocenters. The highest BCUT2D eigenvalue weighted by molar-refractivity contribution is 6.30. The molecule has 0 saturated carbocycles. The van der Waals surface area contributed by atoms with Crippen molar-refractivity contribution in [2.75, 3.05) is 13.6 Å². The number of fused-ring (bicyclic) bond motifs is 1. The van der Waals surface area contributed by atoms with E-state index in [1.54, 1.807) is 31.0 Å². The lowest BCUT2D eigenvalue weighted by Crippen LogP contribution is -2.40. The van der Waals surface area contributed by atoms with Crippen molar-refractivity contribution in [3.8, 4) is 11.8 Å². The molecule has 19 heavy (non-hydrogen) atoms. The molecular formula is C14H15ClN2O2. The SMILES string of the molecule is C[C@@H](C#N)CN(C)C(=O)[C@@H]1Cc2cc(Cl)ccc2O1. The Morgan fingerprint density at radius 2 is 2.42 bits per heavy atom. The maximum Gasteiger partial charge on any atom is 0.263 e. The Balaban J connectivity index is 2.02. The first-order valence-electron chi connectivity index (χ1n) is 6.11. The minimum atomic E-state index is -0.510. The number of hydrogen-bond acceptors (Lipinski definition) is 3. The predicted molar refractivity (Wildman–Crippen MR) is 72.0 cm³/mol. The normalized spacial score (nSPS) is 18.1. The van der Waals surface area contributed by atoms with Gasteiger partial charge in [0.05, 0.1) is 12.0 Å². The molecule has 1 aromatic rings. The van der Waals surface area contributed by atoms with Gasteiger partial charge in [-0.1, -0.05) is 11.6 Å². The second kappa shape index (κ2) is 5.50. The number of nitrogens with zero attached hydrogens (tertiary/aromatic N) is 2. The quantitative estimate of drug-likeness (QED) is 0.852. The second-order valence-electron chi connectivity index (χ2n) is 4.81. The van der Waals surface area contributed by atoms with Crippen LogP contribution in [0.2, 0.25) is 5.02 Å². The molecule has 1 aliphatic heterocycles. The number of ether oxygens (including phenoxy) is 1. The molecule has 5 heteroatoms. The zero-order chi connectivity index (χ0) is 14.0. The molecule has 0 N–H and O–H groups in total. The van der Waals surface area contributed by atoms with Crippen molar-refractivity contribution in [1.29, 1.82) is 5.26 Å². The monoisotopic (exact) mass is 278 g/mol. The van der Waals surface area contributed by atoms with Gasteiger partial charge in [0, 0.05) is 25.0 Å². The lowest BCUT2D eigenvalue weighted by atomic mass is 10.1. The number of amides is 1. The molecular weight excluding hydrogens is 264 g/mol. The maximum atomic E-state index is 12.2. The van der Waals surface area contributed by atoms with Gasteiger partial charge < -0.3 is 9.64 Å². The van der Waals surface area contributed by atoms with Crippen molar-refractivity contribution in [3.05, 3.63) is 28.8 Å². The summed E-state index contributed by atoms with van der Waals surface area (Å²) in [6.07, 6.45) is 0.0179. The molecule has 0 radical (unpaired) electrons. The number of nitriles is 1. The van der Waals surface area contributed by atoms with E-state index in [0.29, 0.717) is 23.7 Å². The molecule has 2 rings (SSSR count). The van der Waals surface area contributed by atoms with Gasteiger partial charge in [-0.25, -0.2) is 0 Å². The predicted octanol–water partition coefficient (Wildman–Crippen LogP) is 2.26. The number of hydrogen-bond donors (Lipinski definition) is 0. The van der Waals surface area contributed by atoms with Crippen molar-refractivity contribution in [1.82, 2.24) is 4.90 Å². The minimum absolute atomic E-state index is 0.102. The summed E-state index contributed by atoms with van der Waals surface area (Å²) in [5.74, 6) is 0.422. The fourth-order valence-corrected chi connectivity index (χ4v) is 2.34. The van der Waals surface area contributed by atoms with Crippen LogP contribution in [0.3, 0.4) is 0 Å². The molecule has 1 heterocycles. The van der Waals surface area contributed by atoms with Crippen LogP contribution in [0.1, 0.15) is 12.5 Å². The van der Waals surface area contributed by atoms with E-state index in [4.69, 9.17) is 21.6 Å². The Morgan fingerprint density at radius 3 is 3.11 bits per heavy atom. The van der Waals surface area contributed by atoms with E-state index in [9.17, 15) is 4.79 Å². The summed E-state index contributed by atoms with van der Waals surface area (Å²) in [5.41, 5.74) is 0.951. The number of carbonyl (C=O) groups excluding carboxylic acids is 1. The molecule has 0 spiro atoms. The van der Waals surface area contributed by atoms with Crippen LogP contribution in [0.5, 0.6) is 5.75 Å². The Kier molecular flexibility index (Phi) is 3.96. The smallest absolute Gasteiger partial charge is 0.263 e. The largest absolute Gasteiger partial charge is 0.480 e. The van der Waals surface area contributed by atoms with Crippen LogP contribution in [0, 0.1) is 17.2 Å². The van der Waals surface area contributed by atoms with Crippen molar-refractivity contribution in [2.45, 2.75) is 19.4 Å². The Bertz CT molecular complexity index is 539. The van der Waals surface area contributed by atoms with E-state index in [1.807, 2.05) is 6.07 Å². The van der Waals surface area contributed by atoms with Crippen LogP contribution < -0.4 is 4.74 Å². The van der Waals surface area contributed by atoms with Crippen LogP contribution in [-0.2, 0) is 11.2 Å². The van der Waals surface area contributed by atoms with Crippen LogP contribution in [0.4, 0.5) is 0 Å². The van der Waals surface area contributed by atoms with Crippen molar-refractivity contribution < 1.29 is 9.53 Å². The number of rotatable bonds is 3.